The van der Waals surface area contributed by atoms with Crippen LogP contribution in [0.3, 0.4) is 0 Å². The van der Waals surface area contributed by atoms with Crippen LogP contribution in [0.5, 0.6) is 11.6 Å². The highest BCUT2D eigenvalue weighted by molar-refractivity contribution is 5.97. The van der Waals surface area contributed by atoms with Gasteiger partial charge >= 0.3 is 6.18 Å². The van der Waals surface area contributed by atoms with Gasteiger partial charge in [0.1, 0.15) is 29.8 Å². The number of hydrogen-bond acceptors (Lipinski definition) is 5. The Morgan fingerprint density at radius 3 is 2.58 bits per heavy atom. The Morgan fingerprint density at radius 2 is 1.89 bits per heavy atom. The van der Waals surface area contributed by atoms with Gasteiger partial charge < -0.3 is 9.64 Å². The number of carbonyl (C=O) groups excluding carboxylic acids is 1. The molecule has 0 bridgehead atoms. The second-order valence-corrected chi connectivity index (χ2v) is 8.33. The van der Waals surface area contributed by atoms with Crippen molar-refractivity contribution in [2.24, 2.45) is 7.05 Å². The Labute approximate surface area is 202 Å². The van der Waals surface area contributed by atoms with Gasteiger partial charge in [-0.1, -0.05) is 11.3 Å². The van der Waals surface area contributed by atoms with E-state index >= 15 is 0 Å². The molecule has 0 radical (unpaired) electrons. The fraction of sp³-hybridized carbons (Fsp3) is 0.250. The van der Waals surface area contributed by atoms with Crippen LogP contribution in [0, 0.1) is 5.82 Å². The number of benzene rings is 2. The van der Waals surface area contributed by atoms with Crippen LogP contribution in [0.15, 0.2) is 60.9 Å². The van der Waals surface area contributed by atoms with Crippen molar-refractivity contribution in [3.63, 3.8) is 0 Å². The van der Waals surface area contributed by atoms with Crippen molar-refractivity contribution in [3.8, 4) is 22.9 Å². The first-order valence-electron chi connectivity index (χ1n) is 11.0. The third-order valence-corrected chi connectivity index (χ3v) is 5.92. The Hall–Kier alpha value is -4.22. The number of anilines is 1. The average Bonchev–Trinajstić information content (AvgIpc) is 3.45. The van der Waals surface area contributed by atoms with Crippen molar-refractivity contribution in [3.05, 3.63) is 72.3 Å². The number of rotatable bonds is 5. The molecule has 4 aromatic rings. The minimum absolute atomic E-state index is 0.0708. The molecule has 1 aliphatic heterocycles. The summed E-state index contributed by atoms with van der Waals surface area (Å²) in [6.45, 7) is -1.53. The molecule has 0 N–H and O–H groups in total. The molecule has 1 atom stereocenters. The summed E-state index contributed by atoms with van der Waals surface area (Å²) in [6.07, 6.45) is -1.42. The van der Waals surface area contributed by atoms with Crippen molar-refractivity contribution < 1.29 is 27.1 Å². The molecule has 0 aliphatic carbocycles. The van der Waals surface area contributed by atoms with Crippen LogP contribution in [-0.2, 0) is 18.3 Å². The molecule has 0 saturated heterocycles. The van der Waals surface area contributed by atoms with Gasteiger partial charge in [-0.05, 0) is 49.2 Å². The lowest BCUT2D eigenvalue weighted by Gasteiger charge is -2.26. The molecule has 0 saturated carbocycles. The zero-order valence-electron chi connectivity index (χ0n) is 19.0. The molecule has 0 spiro atoms. The molecule has 5 rings (SSSR count). The number of hydrogen-bond donors (Lipinski definition) is 0. The van der Waals surface area contributed by atoms with E-state index in [1.54, 1.807) is 48.3 Å². The van der Waals surface area contributed by atoms with E-state index in [-0.39, 0.29) is 24.1 Å². The zero-order chi connectivity index (χ0) is 25.4. The number of ether oxygens (including phenoxy) is 1. The number of carbonyl (C=O) groups is 1. The van der Waals surface area contributed by atoms with E-state index in [0.717, 1.165) is 0 Å². The third-order valence-electron chi connectivity index (χ3n) is 5.92. The minimum Gasteiger partial charge on any atom is -0.439 e. The van der Waals surface area contributed by atoms with E-state index in [4.69, 9.17) is 4.74 Å². The molecule has 186 valence electrons. The monoisotopic (exact) mass is 500 g/mol. The lowest BCUT2D eigenvalue weighted by molar-refractivity contribution is -0.134. The van der Waals surface area contributed by atoms with Crippen LogP contribution >= 0.6 is 0 Å². The van der Waals surface area contributed by atoms with Crippen LogP contribution in [0.1, 0.15) is 18.0 Å². The largest absolute Gasteiger partial charge is 0.439 e. The van der Waals surface area contributed by atoms with Crippen LogP contribution in [0.4, 0.5) is 23.2 Å². The lowest BCUT2D eigenvalue weighted by atomic mass is 10.1. The first-order valence-corrected chi connectivity index (χ1v) is 11.0. The lowest BCUT2D eigenvalue weighted by Crippen LogP contribution is -2.42. The van der Waals surface area contributed by atoms with E-state index in [1.165, 1.54) is 29.1 Å². The standard InChI is InChI=1S/C24H20F4N6O2/c1-32-22(11-12-29-32)36-16-7-5-15(6-8-16)19-13-34(31-30-19)21-10-9-17-18(25)3-2-4-20(17)33(23(21)35)14-24(26,27)28/h2-8,11-13,21H,9-10,14H2,1H3. The fourth-order valence-corrected chi connectivity index (χ4v) is 4.18. The molecular weight excluding hydrogens is 480 g/mol. The van der Waals surface area contributed by atoms with Gasteiger partial charge in [-0.3, -0.25) is 4.79 Å². The minimum atomic E-state index is -4.67. The molecule has 2 aromatic heterocycles. The third kappa shape index (κ3) is 4.66. The van der Waals surface area contributed by atoms with Gasteiger partial charge in [0.15, 0.2) is 0 Å². The summed E-state index contributed by atoms with van der Waals surface area (Å²) in [5, 5.41) is 12.2. The first-order chi connectivity index (χ1) is 17.2. The van der Waals surface area contributed by atoms with Crippen molar-refractivity contribution in [2.75, 3.05) is 11.4 Å². The first kappa shape index (κ1) is 23.5. The number of fused-ring (bicyclic) bond motifs is 1. The second-order valence-electron chi connectivity index (χ2n) is 8.33. The van der Waals surface area contributed by atoms with Crippen molar-refractivity contribution >= 4 is 11.6 Å². The Morgan fingerprint density at radius 1 is 1.11 bits per heavy atom. The summed E-state index contributed by atoms with van der Waals surface area (Å²) in [7, 11) is 1.75. The predicted molar refractivity (Wildman–Crippen MR) is 121 cm³/mol. The quantitative estimate of drug-likeness (QED) is 0.372. The molecule has 1 unspecified atom stereocenters. The van der Waals surface area contributed by atoms with Crippen LogP contribution in [-0.4, -0.2) is 43.4 Å². The summed E-state index contributed by atoms with van der Waals surface area (Å²) in [4.78, 5) is 13.8. The summed E-state index contributed by atoms with van der Waals surface area (Å²) >= 11 is 0. The maximum atomic E-state index is 14.4. The zero-order valence-corrected chi connectivity index (χ0v) is 19.0. The van der Waals surface area contributed by atoms with Crippen LogP contribution in [0.25, 0.3) is 11.3 Å². The van der Waals surface area contributed by atoms with E-state index < -0.39 is 30.5 Å². The Kier molecular flexibility index (Phi) is 5.94. The normalized spacial score (nSPS) is 16.1. The smallest absolute Gasteiger partial charge is 0.406 e. The van der Waals surface area contributed by atoms with E-state index in [0.29, 0.717) is 27.8 Å². The van der Waals surface area contributed by atoms with E-state index in [9.17, 15) is 22.4 Å². The number of aryl methyl sites for hydroxylation is 1. The summed E-state index contributed by atoms with van der Waals surface area (Å²) in [5.74, 6) is -0.355. The predicted octanol–water partition coefficient (Wildman–Crippen LogP) is 4.69. The van der Waals surface area contributed by atoms with Crippen molar-refractivity contribution in [1.29, 1.82) is 0 Å². The Balaban J connectivity index is 1.40. The molecule has 0 fully saturated rings. The summed E-state index contributed by atoms with van der Waals surface area (Å²) in [5.41, 5.74) is 1.08. The van der Waals surface area contributed by atoms with Gasteiger partial charge in [-0.2, -0.15) is 18.3 Å². The summed E-state index contributed by atoms with van der Waals surface area (Å²) < 4.78 is 63.0. The van der Waals surface area contributed by atoms with Gasteiger partial charge in [0, 0.05) is 24.2 Å². The number of nitrogens with zero attached hydrogens (tertiary/aromatic N) is 6. The molecule has 36 heavy (non-hydrogen) atoms. The number of aromatic nitrogens is 5. The Bertz CT molecular complexity index is 1400. The number of halogens is 4. The molecule has 1 aliphatic rings. The van der Waals surface area contributed by atoms with E-state index in [2.05, 4.69) is 15.4 Å². The number of amides is 1. The van der Waals surface area contributed by atoms with Gasteiger partial charge in [0.25, 0.3) is 5.91 Å². The van der Waals surface area contributed by atoms with Gasteiger partial charge in [-0.15, -0.1) is 5.10 Å². The molecule has 12 heteroatoms. The van der Waals surface area contributed by atoms with Crippen LogP contribution < -0.4 is 9.64 Å². The van der Waals surface area contributed by atoms with E-state index in [1.807, 2.05) is 0 Å². The highest BCUT2D eigenvalue weighted by atomic mass is 19.4. The highest BCUT2D eigenvalue weighted by Crippen LogP contribution is 2.35. The number of alkyl halides is 3. The van der Waals surface area contributed by atoms with Gasteiger partial charge in [0.05, 0.1) is 18.1 Å². The van der Waals surface area contributed by atoms with Crippen LogP contribution in [0.2, 0.25) is 0 Å². The topological polar surface area (TPSA) is 78.1 Å². The molecule has 3 heterocycles. The average molecular weight is 500 g/mol. The van der Waals surface area contributed by atoms with Gasteiger partial charge in [0.2, 0.25) is 5.88 Å². The fourth-order valence-electron chi connectivity index (χ4n) is 4.18. The summed E-state index contributed by atoms with van der Waals surface area (Å²) in [6, 6.07) is 11.4. The second kappa shape index (κ2) is 9.10. The maximum absolute atomic E-state index is 14.4. The molecular formula is C24H20F4N6O2. The van der Waals surface area contributed by atoms with Crippen molar-refractivity contribution in [2.45, 2.75) is 25.1 Å². The van der Waals surface area contributed by atoms with Gasteiger partial charge in [-0.25, -0.2) is 13.8 Å². The highest BCUT2D eigenvalue weighted by Gasteiger charge is 2.40. The van der Waals surface area contributed by atoms with Crippen molar-refractivity contribution in [1.82, 2.24) is 24.8 Å². The SMILES string of the molecule is Cn1nccc1Oc1ccc(-c2cn(C3CCc4c(F)cccc4N(CC(F)(F)F)C3=O)nn2)cc1. The molecule has 2 aromatic carbocycles. The molecule has 1 amide bonds. The maximum Gasteiger partial charge on any atom is 0.406 e. The molecule has 8 nitrogen and oxygen atoms in total.